The number of carbonyl (C=O) groups excluding carboxylic acids is 2. The van der Waals surface area contributed by atoms with Crippen LogP contribution in [0.5, 0.6) is 0 Å². The van der Waals surface area contributed by atoms with Crippen molar-refractivity contribution in [3.8, 4) is 0 Å². The van der Waals surface area contributed by atoms with Crippen molar-refractivity contribution >= 4 is 17.5 Å². The molecule has 118 valence electrons. The zero-order chi connectivity index (χ0) is 15.7. The molecule has 2 aliphatic rings. The third-order valence-corrected chi connectivity index (χ3v) is 4.50. The number of carbonyl (C=O) groups is 2. The van der Waals surface area contributed by atoms with E-state index in [0.717, 1.165) is 32.7 Å². The summed E-state index contributed by atoms with van der Waals surface area (Å²) in [6.45, 7) is 6.57. The Labute approximate surface area is 129 Å². The second-order valence-electron chi connectivity index (χ2n) is 5.73. The third kappa shape index (κ3) is 2.76. The van der Waals surface area contributed by atoms with Crippen LogP contribution in [0.2, 0.25) is 0 Å². The Balaban J connectivity index is 1.73. The fourth-order valence-corrected chi connectivity index (χ4v) is 3.15. The molecular formula is C16H20FN3O2. The van der Waals surface area contributed by atoms with Gasteiger partial charge in [0, 0.05) is 26.2 Å². The van der Waals surface area contributed by atoms with Crippen molar-refractivity contribution in [2.75, 3.05) is 37.6 Å². The van der Waals surface area contributed by atoms with E-state index in [9.17, 15) is 14.0 Å². The molecule has 0 aromatic heterocycles. The first-order chi connectivity index (χ1) is 10.6. The van der Waals surface area contributed by atoms with Crippen molar-refractivity contribution in [1.29, 1.82) is 0 Å². The van der Waals surface area contributed by atoms with Gasteiger partial charge in [-0.3, -0.25) is 14.5 Å². The van der Waals surface area contributed by atoms with Gasteiger partial charge in [0.15, 0.2) is 0 Å². The van der Waals surface area contributed by atoms with Gasteiger partial charge in [-0.05, 0) is 30.8 Å². The zero-order valence-electron chi connectivity index (χ0n) is 12.7. The molecule has 6 heteroatoms. The van der Waals surface area contributed by atoms with Crippen molar-refractivity contribution in [2.45, 2.75) is 19.4 Å². The number of likely N-dealkylation sites (N-methyl/N-ethyl adjacent to an activating group) is 1. The van der Waals surface area contributed by atoms with E-state index in [-0.39, 0.29) is 30.1 Å². The third-order valence-electron chi connectivity index (χ3n) is 4.50. The number of anilines is 1. The molecule has 0 unspecified atom stereocenters. The lowest BCUT2D eigenvalue weighted by Gasteiger charge is -2.36. The van der Waals surface area contributed by atoms with Crippen LogP contribution in [-0.4, -0.2) is 60.4 Å². The molecule has 2 amide bonds. The first-order valence-electron chi connectivity index (χ1n) is 7.69. The molecule has 0 saturated carbocycles. The van der Waals surface area contributed by atoms with E-state index in [1.807, 2.05) is 0 Å². The highest BCUT2D eigenvalue weighted by Crippen LogP contribution is 2.26. The summed E-state index contributed by atoms with van der Waals surface area (Å²) in [7, 11) is 0. The SMILES string of the molecule is CCN1CCN([C@@H]2CC(=O)N(c3ccc(F)cc3)C2=O)CC1. The molecule has 0 N–H and O–H groups in total. The molecule has 0 radical (unpaired) electrons. The summed E-state index contributed by atoms with van der Waals surface area (Å²) in [5.41, 5.74) is 0.450. The minimum atomic E-state index is -0.380. The Morgan fingerprint density at radius 1 is 1.09 bits per heavy atom. The first kappa shape index (κ1) is 15.1. The first-order valence-corrected chi connectivity index (χ1v) is 7.69. The summed E-state index contributed by atoms with van der Waals surface area (Å²) >= 11 is 0. The molecule has 3 rings (SSSR count). The van der Waals surface area contributed by atoms with Crippen LogP contribution in [0.3, 0.4) is 0 Å². The number of hydrogen-bond acceptors (Lipinski definition) is 4. The molecule has 0 spiro atoms. The van der Waals surface area contributed by atoms with E-state index in [2.05, 4.69) is 16.7 Å². The molecule has 2 saturated heterocycles. The van der Waals surface area contributed by atoms with Crippen molar-refractivity contribution < 1.29 is 14.0 Å². The van der Waals surface area contributed by atoms with Crippen molar-refractivity contribution in [2.24, 2.45) is 0 Å². The molecule has 0 aliphatic carbocycles. The monoisotopic (exact) mass is 305 g/mol. The predicted molar refractivity (Wildman–Crippen MR) is 81.0 cm³/mol. The average molecular weight is 305 g/mol. The number of rotatable bonds is 3. The molecule has 2 aliphatic heterocycles. The van der Waals surface area contributed by atoms with Crippen LogP contribution >= 0.6 is 0 Å². The Morgan fingerprint density at radius 2 is 1.73 bits per heavy atom. The van der Waals surface area contributed by atoms with E-state index >= 15 is 0 Å². The van der Waals surface area contributed by atoms with Gasteiger partial charge in [0.2, 0.25) is 5.91 Å². The van der Waals surface area contributed by atoms with Crippen molar-refractivity contribution in [3.63, 3.8) is 0 Å². The maximum atomic E-state index is 13.0. The number of halogens is 1. The molecule has 2 fully saturated rings. The lowest BCUT2D eigenvalue weighted by molar-refractivity contribution is -0.123. The van der Waals surface area contributed by atoms with Crippen molar-refractivity contribution in [1.82, 2.24) is 9.80 Å². The number of piperazine rings is 1. The smallest absolute Gasteiger partial charge is 0.251 e. The number of hydrogen-bond donors (Lipinski definition) is 0. The van der Waals surface area contributed by atoms with Crippen LogP contribution in [0, 0.1) is 5.82 Å². The molecule has 0 bridgehead atoms. The van der Waals surface area contributed by atoms with Crippen LogP contribution in [0.4, 0.5) is 10.1 Å². The van der Waals surface area contributed by atoms with Gasteiger partial charge in [-0.2, -0.15) is 0 Å². The molecule has 22 heavy (non-hydrogen) atoms. The Morgan fingerprint density at radius 3 is 2.32 bits per heavy atom. The highest BCUT2D eigenvalue weighted by Gasteiger charge is 2.43. The van der Waals surface area contributed by atoms with Gasteiger partial charge < -0.3 is 4.90 Å². The fraction of sp³-hybridized carbons (Fsp3) is 0.500. The van der Waals surface area contributed by atoms with E-state index in [1.165, 1.54) is 29.2 Å². The molecular weight excluding hydrogens is 285 g/mol. The van der Waals surface area contributed by atoms with Gasteiger partial charge in [-0.1, -0.05) is 6.92 Å². The molecule has 1 aromatic carbocycles. The van der Waals surface area contributed by atoms with E-state index in [0.29, 0.717) is 5.69 Å². The van der Waals surface area contributed by atoms with Gasteiger partial charge in [0.25, 0.3) is 5.91 Å². The van der Waals surface area contributed by atoms with Crippen molar-refractivity contribution in [3.05, 3.63) is 30.1 Å². The second kappa shape index (κ2) is 6.14. The lowest BCUT2D eigenvalue weighted by atomic mass is 10.1. The topological polar surface area (TPSA) is 43.9 Å². The van der Waals surface area contributed by atoms with Crippen LogP contribution in [0.15, 0.2) is 24.3 Å². The van der Waals surface area contributed by atoms with Crippen LogP contribution in [-0.2, 0) is 9.59 Å². The summed E-state index contributed by atoms with van der Waals surface area (Å²) in [6, 6.07) is 5.11. The van der Waals surface area contributed by atoms with E-state index in [1.54, 1.807) is 0 Å². The summed E-state index contributed by atoms with van der Waals surface area (Å²) in [5.74, 6) is -0.781. The van der Waals surface area contributed by atoms with Crippen LogP contribution < -0.4 is 4.90 Å². The Hall–Kier alpha value is -1.79. The van der Waals surface area contributed by atoms with Gasteiger partial charge in [0.05, 0.1) is 18.2 Å². The summed E-state index contributed by atoms with van der Waals surface area (Å²) in [6.07, 6.45) is 0.211. The van der Waals surface area contributed by atoms with Gasteiger partial charge in [0.1, 0.15) is 5.82 Å². The Kier molecular flexibility index (Phi) is 4.22. The zero-order valence-corrected chi connectivity index (χ0v) is 12.7. The van der Waals surface area contributed by atoms with Crippen LogP contribution in [0.25, 0.3) is 0 Å². The summed E-state index contributed by atoms with van der Waals surface area (Å²) in [4.78, 5) is 30.4. The quantitative estimate of drug-likeness (QED) is 0.784. The minimum Gasteiger partial charge on any atom is -0.301 e. The standard InChI is InChI=1S/C16H20FN3O2/c1-2-18-7-9-19(10-8-18)14-11-15(21)20(16(14)22)13-5-3-12(17)4-6-13/h3-6,14H,2,7-11H2,1H3/t14-/m1/s1. The maximum Gasteiger partial charge on any atom is 0.251 e. The normalized spacial score (nSPS) is 24.3. The molecule has 1 aromatic rings. The van der Waals surface area contributed by atoms with Crippen LogP contribution in [0.1, 0.15) is 13.3 Å². The number of imide groups is 1. The molecule has 5 nitrogen and oxygen atoms in total. The summed E-state index contributed by atoms with van der Waals surface area (Å²) in [5, 5.41) is 0. The van der Waals surface area contributed by atoms with E-state index < -0.39 is 0 Å². The molecule has 2 heterocycles. The highest BCUT2D eigenvalue weighted by molar-refractivity contribution is 6.22. The van der Waals surface area contributed by atoms with Gasteiger partial charge in [-0.25, -0.2) is 9.29 Å². The molecule has 1 atom stereocenters. The number of nitrogens with zero attached hydrogens (tertiary/aromatic N) is 3. The predicted octanol–water partition coefficient (Wildman–Crippen LogP) is 1.10. The number of benzene rings is 1. The highest BCUT2D eigenvalue weighted by atomic mass is 19.1. The summed E-state index contributed by atoms with van der Waals surface area (Å²) < 4.78 is 13.0. The average Bonchev–Trinajstić information content (AvgIpc) is 2.83. The maximum absolute atomic E-state index is 13.0. The van der Waals surface area contributed by atoms with Gasteiger partial charge >= 0.3 is 0 Å². The number of amides is 2. The second-order valence-corrected chi connectivity index (χ2v) is 5.73. The largest absolute Gasteiger partial charge is 0.301 e. The van der Waals surface area contributed by atoms with E-state index in [4.69, 9.17) is 0 Å². The lowest BCUT2D eigenvalue weighted by Crippen LogP contribution is -2.52. The van der Waals surface area contributed by atoms with Gasteiger partial charge in [-0.15, -0.1) is 0 Å². The fourth-order valence-electron chi connectivity index (χ4n) is 3.15. The minimum absolute atomic E-state index is 0.193. The Bertz CT molecular complexity index is 567.